The van der Waals surface area contributed by atoms with Gasteiger partial charge in [0.1, 0.15) is 19.8 Å². The topological polar surface area (TPSA) is 143 Å². The van der Waals surface area contributed by atoms with Crippen molar-refractivity contribution >= 4 is 78.0 Å². The Labute approximate surface area is 555 Å². The Balaban J connectivity index is 0.000000288. The summed E-state index contributed by atoms with van der Waals surface area (Å²) in [5.41, 5.74) is 5.44. The fourth-order valence-electron chi connectivity index (χ4n) is 8.06. The van der Waals surface area contributed by atoms with Gasteiger partial charge in [-0.05, 0) is 124 Å². The molecule has 0 fully saturated rings. The molecule has 3 amide bonds. The number of alkyl carbamates (subject to hydrolysis) is 3. The van der Waals surface area contributed by atoms with E-state index in [4.69, 9.17) is 62.3 Å². The van der Waals surface area contributed by atoms with E-state index in [2.05, 4.69) is 137 Å². The maximum atomic E-state index is 12.5. The number of halogens is 3. The molecule has 0 aliphatic heterocycles. The van der Waals surface area contributed by atoms with Crippen LogP contribution in [-0.4, -0.2) is 61.4 Å². The van der Waals surface area contributed by atoms with Gasteiger partial charge < -0.3 is 43.4 Å². The highest BCUT2D eigenvalue weighted by Gasteiger charge is 2.44. The molecule has 6 aromatic carbocycles. The normalized spacial score (nSPS) is 13.9. The van der Waals surface area contributed by atoms with Crippen LogP contribution in [0.1, 0.15) is 114 Å². The fraction of sp³-hybridized carbons (Fsp3) is 0.375. The van der Waals surface area contributed by atoms with Gasteiger partial charge in [-0.2, -0.15) is 0 Å². The van der Waals surface area contributed by atoms with Crippen LogP contribution in [0.25, 0.3) is 0 Å². The lowest BCUT2D eigenvalue weighted by molar-refractivity contribution is 0.116. The van der Waals surface area contributed by atoms with Crippen LogP contribution in [0, 0.1) is 0 Å². The third-order valence-electron chi connectivity index (χ3n) is 16.4. The first-order chi connectivity index (χ1) is 42.1. The minimum Gasteiger partial charge on any atom is -0.445 e. The summed E-state index contributed by atoms with van der Waals surface area (Å²) < 4.78 is 36.3. The number of ether oxygens (including phenoxy) is 3. The molecule has 12 nitrogen and oxygen atoms in total. The third-order valence-corrected chi connectivity index (χ3v) is 30.5. The smallest absolute Gasteiger partial charge is 0.408 e. The standard InChI is InChI=1S/3C24H32ClNO3Si/c3*1-7-21(26-23(27)28-17-18-12-9-8-10-13-18)22(19-14-11-15-20(25)16-19)29-30(5,6)24(2,3)4/h3*7-16,21-22H,1,17H2,2-6H3,(H,26,27)/t2*21-,22+;21-,22-/m100/s1. The van der Waals surface area contributed by atoms with Crippen molar-refractivity contribution in [1.82, 2.24) is 16.0 Å². The second kappa shape index (κ2) is 35.0. The Morgan fingerprint density at radius 3 is 0.800 bits per heavy atom. The van der Waals surface area contributed by atoms with Crippen molar-refractivity contribution in [3.05, 3.63) is 250 Å². The first kappa shape index (κ1) is 76.2. The van der Waals surface area contributed by atoms with Crippen LogP contribution in [0.15, 0.2) is 202 Å². The molecule has 0 radical (unpaired) electrons. The highest BCUT2D eigenvalue weighted by Crippen LogP contribution is 2.44. The molecule has 0 bridgehead atoms. The molecule has 0 unspecified atom stereocenters. The summed E-state index contributed by atoms with van der Waals surface area (Å²) in [6.45, 7) is 45.1. The molecule has 6 rings (SSSR count). The van der Waals surface area contributed by atoms with Gasteiger partial charge in [-0.1, -0.05) is 243 Å². The quantitative estimate of drug-likeness (QED) is 0.0307. The Bertz CT molecular complexity index is 2890. The molecule has 0 saturated heterocycles. The molecule has 0 aromatic heterocycles. The lowest BCUT2D eigenvalue weighted by Gasteiger charge is -2.41. The molecule has 0 aliphatic rings. The van der Waals surface area contributed by atoms with Crippen LogP contribution in [0.2, 0.25) is 69.5 Å². The largest absolute Gasteiger partial charge is 0.445 e. The predicted molar refractivity (Wildman–Crippen MR) is 379 cm³/mol. The van der Waals surface area contributed by atoms with Gasteiger partial charge in [0.2, 0.25) is 0 Å². The van der Waals surface area contributed by atoms with E-state index in [0.717, 1.165) is 33.4 Å². The molecular weight excluding hydrogens is 1240 g/mol. The van der Waals surface area contributed by atoms with Crippen molar-refractivity contribution in [2.45, 2.75) is 173 Å². The van der Waals surface area contributed by atoms with Gasteiger partial charge in [0.15, 0.2) is 25.0 Å². The third kappa shape index (κ3) is 24.8. The summed E-state index contributed by atoms with van der Waals surface area (Å²) >= 11 is 18.7. The van der Waals surface area contributed by atoms with E-state index < -0.39 is 79.7 Å². The Kier molecular flexibility index (Phi) is 29.6. The van der Waals surface area contributed by atoms with Gasteiger partial charge in [-0.15, -0.1) is 19.7 Å². The summed E-state index contributed by atoms with van der Waals surface area (Å²) in [7, 11) is -6.46. The van der Waals surface area contributed by atoms with Crippen LogP contribution < -0.4 is 16.0 Å². The molecule has 6 aromatic rings. The second-order valence-electron chi connectivity index (χ2n) is 26.5. The van der Waals surface area contributed by atoms with E-state index in [9.17, 15) is 14.4 Å². The molecule has 18 heteroatoms. The minimum atomic E-state index is -2.15. The first-order valence-electron chi connectivity index (χ1n) is 30.2. The molecule has 3 N–H and O–H groups in total. The van der Waals surface area contributed by atoms with Gasteiger partial charge in [-0.25, -0.2) is 14.4 Å². The molecule has 6 atom stereocenters. The number of amides is 3. The number of hydrogen-bond acceptors (Lipinski definition) is 9. The van der Waals surface area contributed by atoms with Crippen molar-refractivity contribution in [3.63, 3.8) is 0 Å². The van der Waals surface area contributed by atoms with E-state index in [1.807, 2.05) is 164 Å². The summed E-state index contributed by atoms with van der Waals surface area (Å²) in [5.74, 6) is 0. The number of nitrogens with one attached hydrogen (secondary N) is 3. The van der Waals surface area contributed by atoms with Crippen LogP contribution >= 0.6 is 34.8 Å². The van der Waals surface area contributed by atoms with Crippen LogP contribution in [0.3, 0.4) is 0 Å². The van der Waals surface area contributed by atoms with Crippen LogP contribution in [-0.2, 0) is 47.3 Å². The Hall–Kier alpha value is -6.25. The zero-order chi connectivity index (χ0) is 67.1. The van der Waals surface area contributed by atoms with Crippen molar-refractivity contribution < 1.29 is 41.9 Å². The van der Waals surface area contributed by atoms with E-state index in [0.29, 0.717) is 15.1 Å². The number of carbonyl (C=O) groups excluding carboxylic acids is 3. The summed E-state index contributed by atoms with van der Waals surface area (Å²) in [6, 6.07) is 49.8. The summed E-state index contributed by atoms with van der Waals surface area (Å²) in [5, 5.41) is 10.6. The van der Waals surface area contributed by atoms with E-state index in [1.165, 1.54) is 0 Å². The zero-order valence-corrected chi connectivity index (χ0v) is 60.6. The zero-order valence-electron chi connectivity index (χ0n) is 55.3. The lowest BCUT2D eigenvalue weighted by Crippen LogP contribution is -2.47. The minimum absolute atomic E-state index is 0.00334. The molecule has 0 aliphatic carbocycles. The molecule has 0 heterocycles. The van der Waals surface area contributed by atoms with Gasteiger partial charge in [0.05, 0.1) is 36.4 Å². The first-order valence-corrected chi connectivity index (χ1v) is 40.0. The molecule has 90 heavy (non-hydrogen) atoms. The monoisotopic (exact) mass is 1340 g/mol. The molecular formula is C72H96Cl3N3O9Si3. The second-order valence-corrected chi connectivity index (χ2v) is 42.0. The van der Waals surface area contributed by atoms with E-state index >= 15 is 0 Å². The summed E-state index contributed by atoms with van der Waals surface area (Å²) in [6.07, 6.45) is 2.22. The average Bonchev–Trinajstić information content (AvgIpc) is 0.919. The van der Waals surface area contributed by atoms with Crippen LogP contribution in [0.4, 0.5) is 14.4 Å². The van der Waals surface area contributed by atoms with E-state index in [1.54, 1.807) is 18.2 Å². The Morgan fingerprint density at radius 1 is 0.389 bits per heavy atom. The number of carbonyl (C=O) groups is 3. The maximum absolute atomic E-state index is 12.5. The highest BCUT2D eigenvalue weighted by molar-refractivity contribution is 6.75. The van der Waals surface area contributed by atoms with Crippen LogP contribution in [0.5, 0.6) is 0 Å². The SMILES string of the molecule is C=C[C@@H](NC(=O)OCc1ccccc1)[C@@H](O[Si](C)(C)C(C)(C)C)c1cccc(Cl)c1.C=C[C@H](NC(=O)OCc1ccccc1)[C@@H](O[Si](C)(C)C(C)(C)C)c1cccc(Cl)c1.C=C[C@H](NC(=O)OCc1ccccc1)[C@H](O[Si](C)(C)C(C)(C)C)c1cccc(Cl)c1. The van der Waals surface area contributed by atoms with Crippen molar-refractivity contribution in [1.29, 1.82) is 0 Å². The molecule has 486 valence electrons. The highest BCUT2D eigenvalue weighted by atomic mass is 35.5. The molecule has 0 spiro atoms. The predicted octanol–water partition coefficient (Wildman–Crippen LogP) is 20.7. The van der Waals surface area contributed by atoms with Gasteiger partial charge in [0.25, 0.3) is 0 Å². The Morgan fingerprint density at radius 2 is 0.611 bits per heavy atom. The number of benzene rings is 6. The summed E-state index contributed by atoms with van der Waals surface area (Å²) in [4.78, 5) is 37.5. The van der Waals surface area contributed by atoms with E-state index in [-0.39, 0.29) is 34.9 Å². The van der Waals surface area contributed by atoms with Gasteiger partial charge in [-0.3, -0.25) is 0 Å². The lowest BCUT2D eigenvalue weighted by atomic mass is 10.0. The van der Waals surface area contributed by atoms with Gasteiger partial charge in [0, 0.05) is 15.1 Å². The molecule has 0 saturated carbocycles. The number of hydrogen-bond donors (Lipinski definition) is 3. The van der Waals surface area contributed by atoms with Crippen molar-refractivity contribution in [2.24, 2.45) is 0 Å². The number of rotatable bonds is 24. The van der Waals surface area contributed by atoms with Gasteiger partial charge >= 0.3 is 18.3 Å². The van der Waals surface area contributed by atoms with Crippen molar-refractivity contribution in [2.75, 3.05) is 0 Å². The van der Waals surface area contributed by atoms with Crippen molar-refractivity contribution in [3.8, 4) is 0 Å². The average molecular weight is 1340 g/mol. The fourth-order valence-corrected chi connectivity index (χ4v) is 12.5. The maximum Gasteiger partial charge on any atom is 0.408 e.